The number of hydrogen-bond acceptors (Lipinski definition) is 2. The summed E-state index contributed by atoms with van der Waals surface area (Å²) in [6.45, 7) is 8.77. The number of hydrogen-bond donors (Lipinski definition) is 1. The van der Waals surface area contributed by atoms with Gasteiger partial charge in [-0.05, 0) is 43.0 Å². The van der Waals surface area contributed by atoms with Gasteiger partial charge in [0.05, 0.1) is 0 Å². The first kappa shape index (κ1) is 14.3. The molecule has 0 aliphatic carbocycles. The minimum absolute atomic E-state index is 0.133. The highest BCUT2D eigenvalue weighted by Gasteiger charge is 2.25. The molecule has 0 bridgehead atoms. The summed E-state index contributed by atoms with van der Waals surface area (Å²) in [6.07, 6.45) is 2.12. The van der Waals surface area contributed by atoms with E-state index in [-0.39, 0.29) is 11.2 Å². The molecule has 0 aromatic heterocycles. The van der Waals surface area contributed by atoms with Crippen molar-refractivity contribution in [2.24, 2.45) is 5.41 Å². The second-order valence-electron chi connectivity index (χ2n) is 6.51. The molecule has 0 radical (unpaired) electrons. The molecular formula is C16H25FN2. The van der Waals surface area contributed by atoms with Gasteiger partial charge in [-0.3, -0.25) is 0 Å². The average molecular weight is 264 g/mol. The Morgan fingerprint density at radius 3 is 2.74 bits per heavy atom. The first-order chi connectivity index (χ1) is 8.91. The van der Waals surface area contributed by atoms with Gasteiger partial charge in [0.1, 0.15) is 5.82 Å². The van der Waals surface area contributed by atoms with Crippen LogP contribution >= 0.6 is 0 Å². The van der Waals surface area contributed by atoms with Gasteiger partial charge in [0, 0.05) is 24.8 Å². The molecule has 2 nitrogen and oxygen atoms in total. The molecule has 1 N–H and O–H groups in total. The van der Waals surface area contributed by atoms with E-state index < -0.39 is 0 Å². The number of nitrogens with zero attached hydrogens (tertiary/aromatic N) is 1. The average Bonchev–Trinajstić information content (AvgIpc) is 2.71. The maximum Gasteiger partial charge on any atom is 0.125 e. The summed E-state index contributed by atoms with van der Waals surface area (Å²) in [5, 5.41) is 3.40. The van der Waals surface area contributed by atoms with Crippen molar-refractivity contribution in [1.29, 1.82) is 0 Å². The number of benzene rings is 1. The van der Waals surface area contributed by atoms with Crippen LogP contribution in [0.15, 0.2) is 18.2 Å². The fraction of sp³-hybridized carbons (Fsp3) is 0.625. The molecule has 3 heteroatoms. The summed E-state index contributed by atoms with van der Waals surface area (Å²) in [4.78, 5) is 2.31. The van der Waals surface area contributed by atoms with Crippen LogP contribution in [-0.4, -0.2) is 26.2 Å². The topological polar surface area (TPSA) is 15.3 Å². The largest absolute Gasteiger partial charge is 0.371 e. The van der Waals surface area contributed by atoms with E-state index in [0.29, 0.717) is 6.04 Å². The molecule has 1 aliphatic rings. The Bertz CT molecular complexity index is 437. The zero-order chi connectivity index (χ0) is 14.0. The second kappa shape index (κ2) is 5.49. The van der Waals surface area contributed by atoms with Crippen LogP contribution < -0.4 is 10.2 Å². The lowest BCUT2D eigenvalue weighted by Gasteiger charge is -2.32. The van der Waals surface area contributed by atoms with Crippen LogP contribution in [-0.2, 0) is 6.42 Å². The summed E-state index contributed by atoms with van der Waals surface area (Å²) in [5.74, 6) is -0.133. The van der Waals surface area contributed by atoms with Crippen LogP contribution in [0.3, 0.4) is 0 Å². The number of anilines is 1. The smallest absolute Gasteiger partial charge is 0.125 e. The van der Waals surface area contributed by atoms with E-state index in [1.54, 1.807) is 12.1 Å². The first-order valence-electron chi connectivity index (χ1n) is 7.12. The van der Waals surface area contributed by atoms with E-state index in [9.17, 15) is 4.39 Å². The third kappa shape index (κ3) is 3.27. The lowest BCUT2D eigenvalue weighted by molar-refractivity contribution is 0.269. The number of nitrogens with one attached hydrogen (secondary N) is 1. The van der Waals surface area contributed by atoms with E-state index in [1.807, 2.05) is 13.1 Å². The van der Waals surface area contributed by atoms with Crippen molar-refractivity contribution in [1.82, 2.24) is 5.32 Å². The molecule has 1 unspecified atom stereocenters. The zero-order valence-electron chi connectivity index (χ0n) is 12.5. The lowest BCUT2D eigenvalue weighted by atomic mass is 9.85. The molecule has 0 spiro atoms. The minimum atomic E-state index is -0.133. The van der Waals surface area contributed by atoms with Crippen LogP contribution in [0.2, 0.25) is 0 Å². The van der Waals surface area contributed by atoms with Gasteiger partial charge in [0.25, 0.3) is 0 Å². The number of halogens is 1. The highest BCUT2D eigenvalue weighted by molar-refractivity contribution is 5.58. The number of rotatable bonds is 4. The maximum atomic E-state index is 13.4. The van der Waals surface area contributed by atoms with Crippen molar-refractivity contribution in [2.75, 3.05) is 25.0 Å². The quantitative estimate of drug-likeness (QED) is 0.898. The molecular weight excluding hydrogens is 239 g/mol. The van der Waals surface area contributed by atoms with E-state index >= 15 is 0 Å². The molecule has 1 aliphatic heterocycles. The first-order valence-corrected chi connectivity index (χ1v) is 7.12. The van der Waals surface area contributed by atoms with Gasteiger partial charge in [-0.25, -0.2) is 4.39 Å². The lowest BCUT2D eigenvalue weighted by Crippen LogP contribution is -2.40. The van der Waals surface area contributed by atoms with Crippen molar-refractivity contribution in [3.8, 4) is 0 Å². The van der Waals surface area contributed by atoms with Crippen LogP contribution in [0.4, 0.5) is 10.1 Å². The van der Waals surface area contributed by atoms with E-state index in [4.69, 9.17) is 0 Å². The van der Waals surface area contributed by atoms with Gasteiger partial charge in [0.15, 0.2) is 0 Å². The molecule has 0 amide bonds. The monoisotopic (exact) mass is 264 g/mol. The van der Waals surface area contributed by atoms with Gasteiger partial charge in [-0.15, -0.1) is 0 Å². The molecule has 0 fully saturated rings. The Morgan fingerprint density at radius 1 is 1.37 bits per heavy atom. The van der Waals surface area contributed by atoms with Gasteiger partial charge in [0.2, 0.25) is 0 Å². The normalized spacial score (nSPS) is 16.6. The molecule has 1 aromatic rings. The second-order valence-corrected chi connectivity index (χ2v) is 6.51. The van der Waals surface area contributed by atoms with E-state index in [2.05, 4.69) is 31.0 Å². The highest BCUT2D eigenvalue weighted by atomic mass is 19.1. The van der Waals surface area contributed by atoms with E-state index in [1.165, 1.54) is 5.56 Å². The summed E-state index contributed by atoms with van der Waals surface area (Å²) in [5.41, 5.74) is 2.61. The molecule has 2 rings (SSSR count). The van der Waals surface area contributed by atoms with Gasteiger partial charge < -0.3 is 10.2 Å². The predicted molar refractivity (Wildman–Crippen MR) is 79.2 cm³/mol. The highest BCUT2D eigenvalue weighted by Crippen LogP contribution is 2.30. The van der Waals surface area contributed by atoms with Crippen molar-refractivity contribution < 1.29 is 4.39 Å². The molecule has 1 aromatic carbocycles. The van der Waals surface area contributed by atoms with E-state index in [0.717, 1.165) is 31.6 Å². The summed E-state index contributed by atoms with van der Waals surface area (Å²) in [7, 11) is 2.02. The summed E-state index contributed by atoms with van der Waals surface area (Å²) in [6, 6.07) is 5.64. The zero-order valence-corrected chi connectivity index (χ0v) is 12.5. The Kier molecular flexibility index (Phi) is 4.14. The van der Waals surface area contributed by atoms with Gasteiger partial charge in [-0.1, -0.05) is 26.8 Å². The van der Waals surface area contributed by atoms with Crippen LogP contribution in [0.25, 0.3) is 0 Å². The van der Waals surface area contributed by atoms with Crippen LogP contribution in [0.5, 0.6) is 0 Å². The molecule has 0 saturated heterocycles. The predicted octanol–water partition coefficient (Wildman–Crippen LogP) is 3.21. The molecule has 1 heterocycles. The Balaban J connectivity index is 2.01. The molecule has 0 saturated carbocycles. The molecule has 1 atom stereocenters. The van der Waals surface area contributed by atoms with Crippen molar-refractivity contribution in [2.45, 2.75) is 39.7 Å². The third-order valence-corrected chi connectivity index (χ3v) is 4.12. The fourth-order valence-corrected chi connectivity index (χ4v) is 2.95. The number of fused-ring (bicyclic) bond motifs is 1. The molecule has 106 valence electrons. The maximum absolute atomic E-state index is 13.4. The summed E-state index contributed by atoms with van der Waals surface area (Å²) < 4.78 is 13.4. The Hall–Kier alpha value is -1.09. The van der Waals surface area contributed by atoms with Gasteiger partial charge >= 0.3 is 0 Å². The van der Waals surface area contributed by atoms with Crippen molar-refractivity contribution in [3.63, 3.8) is 0 Å². The minimum Gasteiger partial charge on any atom is -0.371 e. The SMILES string of the molecule is CNC(CCN1CCc2ccc(F)cc21)C(C)(C)C. The van der Waals surface area contributed by atoms with Crippen molar-refractivity contribution in [3.05, 3.63) is 29.6 Å². The van der Waals surface area contributed by atoms with Gasteiger partial charge in [-0.2, -0.15) is 0 Å². The third-order valence-electron chi connectivity index (χ3n) is 4.12. The Labute approximate surface area is 116 Å². The van der Waals surface area contributed by atoms with Crippen LogP contribution in [0.1, 0.15) is 32.8 Å². The van der Waals surface area contributed by atoms with Crippen LogP contribution in [0, 0.1) is 11.2 Å². The van der Waals surface area contributed by atoms with Crippen molar-refractivity contribution >= 4 is 5.69 Å². The Morgan fingerprint density at radius 2 is 2.11 bits per heavy atom. The summed E-state index contributed by atoms with van der Waals surface area (Å²) >= 11 is 0. The fourth-order valence-electron chi connectivity index (χ4n) is 2.95. The molecule has 19 heavy (non-hydrogen) atoms. The standard InChI is InChI=1S/C16H25FN2/c1-16(2,3)15(18-4)8-10-19-9-7-12-5-6-13(17)11-14(12)19/h5-6,11,15,18H,7-10H2,1-4H3.